The van der Waals surface area contributed by atoms with Crippen molar-refractivity contribution in [2.45, 2.75) is 31.8 Å². The third-order valence-corrected chi connectivity index (χ3v) is 4.98. The molecule has 1 aromatic carbocycles. The van der Waals surface area contributed by atoms with Crippen LogP contribution in [0.15, 0.2) is 18.2 Å². The second-order valence-corrected chi connectivity index (χ2v) is 6.72. The van der Waals surface area contributed by atoms with Crippen molar-refractivity contribution in [2.24, 2.45) is 11.7 Å². The normalized spacial score (nSPS) is 20.7. The van der Waals surface area contributed by atoms with Gasteiger partial charge in [0.2, 0.25) is 5.91 Å². The predicted molar refractivity (Wildman–Crippen MR) is 94.9 cm³/mol. The molecule has 1 amide bonds. The van der Waals surface area contributed by atoms with E-state index in [2.05, 4.69) is 0 Å². The van der Waals surface area contributed by atoms with E-state index in [4.69, 9.17) is 19.9 Å². The van der Waals surface area contributed by atoms with Gasteiger partial charge >= 0.3 is 0 Å². The molecule has 0 saturated carbocycles. The molecule has 0 aliphatic carbocycles. The number of likely N-dealkylation sites (tertiary alicyclic amines) is 1. The van der Waals surface area contributed by atoms with Crippen LogP contribution in [0.4, 0.5) is 0 Å². The van der Waals surface area contributed by atoms with Crippen molar-refractivity contribution in [3.63, 3.8) is 0 Å². The van der Waals surface area contributed by atoms with Gasteiger partial charge in [-0.2, -0.15) is 0 Å². The summed E-state index contributed by atoms with van der Waals surface area (Å²) >= 11 is 0. The van der Waals surface area contributed by atoms with Gasteiger partial charge in [0.25, 0.3) is 0 Å². The van der Waals surface area contributed by atoms with E-state index >= 15 is 0 Å². The number of rotatable bonds is 6. The average Bonchev–Trinajstić information content (AvgIpc) is 2.67. The Balaban J connectivity index is 1.52. The summed E-state index contributed by atoms with van der Waals surface area (Å²) in [6, 6.07) is 5.77. The monoisotopic (exact) mass is 348 g/mol. The van der Waals surface area contributed by atoms with Gasteiger partial charge in [-0.15, -0.1) is 0 Å². The number of carbonyl (C=O) groups excluding carboxylic acids is 1. The number of methoxy groups -OCH3 is 1. The Hall–Kier alpha value is -1.79. The van der Waals surface area contributed by atoms with Crippen LogP contribution in [0.25, 0.3) is 0 Å². The van der Waals surface area contributed by atoms with Crippen molar-refractivity contribution in [3.8, 4) is 11.5 Å². The molecule has 2 N–H and O–H groups in total. The molecule has 1 atom stereocenters. The fraction of sp³-hybridized carbons (Fsp3) is 0.632. The molecule has 6 heteroatoms. The average molecular weight is 348 g/mol. The Morgan fingerprint density at radius 1 is 1.36 bits per heavy atom. The smallest absolute Gasteiger partial charge is 0.229 e. The Kier molecular flexibility index (Phi) is 6.15. The standard InChI is InChI=1S/C19H28N2O4/c1-23-17-3-4-18-14(12-17)11-15(13-25-18)19(22)21-8-5-16(6-9-21)24-10-2-7-20/h3-4,12,15-16H,2,5-11,13,20H2,1H3. The van der Waals surface area contributed by atoms with Crippen molar-refractivity contribution in [2.75, 3.05) is 40.0 Å². The van der Waals surface area contributed by atoms with Gasteiger partial charge in [-0.3, -0.25) is 4.79 Å². The maximum Gasteiger partial charge on any atom is 0.229 e. The molecular weight excluding hydrogens is 320 g/mol. The maximum atomic E-state index is 12.8. The van der Waals surface area contributed by atoms with Crippen molar-refractivity contribution in [1.82, 2.24) is 4.90 Å². The SMILES string of the molecule is COc1ccc2c(c1)CC(C(=O)N1CCC(OCCCN)CC1)CO2. The van der Waals surface area contributed by atoms with E-state index in [0.717, 1.165) is 49.4 Å². The molecule has 0 bridgehead atoms. The summed E-state index contributed by atoms with van der Waals surface area (Å²) in [6.07, 6.45) is 3.64. The number of amides is 1. The van der Waals surface area contributed by atoms with Gasteiger partial charge in [-0.1, -0.05) is 0 Å². The maximum absolute atomic E-state index is 12.8. The lowest BCUT2D eigenvalue weighted by molar-refractivity contribution is -0.139. The number of hydrogen-bond acceptors (Lipinski definition) is 5. The largest absolute Gasteiger partial charge is 0.497 e. The number of fused-ring (bicyclic) bond motifs is 1. The van der Waals surface area contributed by atoms with E-state index in [-0.39, 0.29) is 17.9 Å². The number of piperidine rings is 1. The van der Waals surface area contributed by atoms with Crippen LogP contribution in [0.1, 0.15) is 24.8 Å². The Labute approximate surface area is 149 Å². The van der Waals surface area contributed by atoms with Crippen LogP contribution in [-0.4, -0.2) is 56.9 Å². The second-order valence-electron chi connectivity index (χ2n) is 6.72. The summed E-state index contributed by atoms with van der Waals surface area (Å²) in [5.41, 5.74) is 6.53. The molecule has 2 heterocycles. The fourth-order valence-corrected chi connectivity index (χ4v) is 3.49. The molecule has 6 nitrogen and oxygen atoms in total. The first-order valence-corrected chi connectivity index (χ1v) is 9.11. The van der Waals surface area contributed by atoms with E-state index in [1.807, 2.05) is 23.1 Å². The van der Waals surface area contributed by atoms with Crippen molar-refractivity contribution >= 4 is 5.91 Å². The summed E-state index contributed by atoms with van der Waals surface area (Å²) in [5.74, 6) is 1.73. The highest BCUT2D eigenvalue weighted by Crippen LogP contribution is 2.31. The van der Waals surface area contributed by atoms with Crippen LogP contribution in [0, 0.1) is 5.92 Å². The van der Waals surface area contributed by atoms with E-state index in [9.17, 15) is 4.79 Å². The minimum absolute atomic E-state index is 0.116. The van der Waals surface area contributed by atoms with Gasteiger partial charge in [0.15, 0.2) is 0 Å². The summed E-state index contributed by atoms with van der Waals surface area (Å²) in [6.45, 7) is 3.34. The number of benzene rings is 1. The fourth-order valence-electron chi connectivity index (χ4n) is 3.49. The molecule has 0 aromatic heterocycles. The molecule has 1 unspecified atom stereocenters. The zero-order chi connectivity index (χ0) is 17.6. The molecule has 0 spiro atoms. The number of nitrogens with zero attached hydrogens (tertiary/aromatic N) is 1. The third-order valence-electron chi connectivity index (χ3n) is 4.98. The zero-order valence-corrected chi connectivity index (χ0v) is 14.9. The number of ether oxygens (including phenoxy) is 3. The van der Waals surface area contributed by atoms with Crippen molar-refractivity contribution in [3.05, 3.63) is 23.8 Å². The number of carbonyl (C=O) groups is 1. The van der Waals surface area contributed by atoms with Crippen LogP contribution in [0.3, 0.4) is 0 Å². The molecule has 3 rings (SSSR count). The highest BCUT2D eigenvalue weighted by Gasteiger charge is 2.32. The third kappa shape index (κ3) is 4.44. The highest BCUT2D eigenvalue weighted by molar-refractivity contribution is 5.80. The van der Waals surface area contributed by atoms with Crippen molar-refractivity contribution < 1.29 is 19.0 Å². The number of nitrogens with two attached hydrogens (primary N) is 1. The first-order valence-electron chi connectivity index (χ1n) is 9.11. The molecule has 138 valence electrons. The quantitative estimate of drug-likeness (QED) is 0.791. The highest BCUT2D eigenvalue weighted by atomic mass is 16.5. The number of hydrogen-bond donors (Lipinski definition) is 1. The van der Waals surface area contributed by atoms with E-state index in [0.29, 0.717) is 26.2 Å². The molecule has 2 aliphatic heterocycles. The van der Waals surface area contributed by atoms with Crippen LogP contribution in [0.5, 0.6) is 11.5 Å². The van der Waals surface area contributed by atoms with Gasteiger partial charge < -0.3 is 24.8 Å². The molecule has 0 radical (unpaired) electrons. The summed E-state index contributed by atoms with van der Waals surface area (Å²) in [7, 11) is 1.65. The predicted octanol–water partition coefficient (Wildman–Crippen LogP) is 1.60. The Bertz CT molecular complexity index is 585. The minimum atomic E-state index is -0.116. The lowest BCUT2D eigenvalue weighted by atomic mass is 9.94. The van der Waals surface area contributed by atoms with Gasteiger partial charge in [0, 0.05) is 19.7 Å². The van der Waals surface area contributed by atoms with Gasteiger partial charge in [-0.05, 0) is 56.0 Å². The molecular formula is C19H28N2O4. The molecule has 1 saturated heterocycles. The van der Waals surface area contributed by atoms with E-state index in [1.54, 1.807) is 7.11 Å². The lowest BCUT2D eigenvalue weighted by Crippen LogP contribution is -2.46. The van der Waals surface area contributed by atoms with Crippen LogP contribution in [0.2, 0.25) is 0 Å². The van der Waals surface area contributed by atoms with Crippen LogP contribution >= 0.6 is 0 Å². The van der Waals surface area contributed by atoms with E-state index < -0.39 is 0 Å². The summed E-state index contributed by atoms with van der Waals surface area (Å²) in [4.78, 5) is 14.8. The van der Waals surface area contributed by atoms with Gasteiger partial charge in [-0.25, -0.2) is 0 Å². The Morgan fingerprint density at radius 3 is 2.88 bits per heavy atom. The van der Waals surface area contributed by atoms with Crippen LogP contribution in [-0.2, 0) is 16.0 Å². The van der Waals surface area contributed by atoms with Crippen molar-refractivity contribution in [1.29, 1.82) is 0 Å². The first kappa shape index (κ1) is 18.0. The molecule has 25 heavy (non-hydrogen) atoms. The summed E-state index contributed by atoms with van der Waals surface area (Å²) in [5, 5.41) is 0. The van der Waals surface area contributed by atoms with Gasteiger partial charge in [0.1, 0.15) is 18.1 Å². The van der Waals surface area contributed by atoms with Gasteiger partial charge in [0.05, 0.1) is 19.1 Å². The minimum Gasteiger partial charge on any atom is -0.497 e. The van der Waals surface area contributed by atoms with Crippen LogP contribution < -0.4 is 15.2 Å². The Morgan fingerprint density at radius 2 is 2.16 bits per heavy atom. The molecule has 1 aromatic rings. The summed E-state index contributed by atoms with van der Waals surface area (Å²) < 4.78 is 16.9. The molecule has 2 aliphatic rings. The second kappa shape index (κ2) is 8.54. The topological polar surface area (TPSA) is 74.0 Å². The molecule has 1 fully saturated rings. The zero-order valence-electron chi connectivity index (χ0n) is 14.9. The lowest BCUT2D eigenvalue weighted by Gasteiger charge is -2.35. The first-order chi connectivity index (χ1) is 12.2. The van der Waals surface area contributed by atoms with E-state index in [1.165, 1.54) is 0 Å².